The van der Waals surface area contributed by atoms with Gasteiger partial charge in [-0.3, -0.25) is 0 Å². The van der Waals surface area contributed by atoms with Crippen LogP contribution in [0.25, 0.3) is 11.0 Å². The Morgan fingerprint density at radius 2 is 1.94 bits per heavy atom. The van der Waals surface area contributed by atoms with E-state index in [1.54, 1.807) is 0 Å². The van der Waals surface area contributed by atoms with E-state index in [1.807, 2.05) is 18.2 Å². The van der Waals surface area contributed by atoms with Crippen LogP contribution in [0.15, 0.2) is 24.3 Å². The molecule has 0 atom stereocenters. The summed E-state index contributed by atoms with van der Waals surface area (Å²) in [6, 6.07) is 8.77. The van der Waals surface area contributed by atoms with E-state index in [9.17, 15) is 0 Å². The summed E-state index contributed by atoms with van der Waals surface area (Å²) in [5, 5.41) is 3.39. The highest BCUT2D eigenvalue weighted by molar-refractivity contribution is 5.85. The maximum Gasteiger partial charge on any atom is 0.203 e. The van der Waals surface area contributed by atoms with Crippen molar-refractivity contribution in [2.75, 3.05) is 25.0 Å². The third-order valence-corrected chi connectivity index (χ3v) is 3.57. The normalized spacial score (nSPS) is 16.5. The molecule has 1 fully saturated rings. The summed E-state index contributed by atoms with van der Waals surface area (Å²) < 4.78 is 0. The van der Waals surface area contributed by atoms with Gasteiger partial charge in [0.15, 0.2) is 0 Å². The number of para-hydroxylation sites is 2. The van der Waals surface area contributed by atoms with Crippen LogP contribution in [0.2, 0.25) is 0 Å². The van der Waals surface area contributed by atoms with Gasteiger partial charge in [0.05, 0.1) is 11.0 Å². The minimum atomic E-state index is 0. The van der Waals surface area contributed by atoms with Gasteiger partial charge in [-0.1, -0.05) is 12.1 Å². The van der Waals surface area contributed by atoms with Crippen molar-refractivity contribution in [2.24, 2.45) is 0 Å². The Balaban J connectivity index is 0.00000120. The molecular formula is C13H19ClN4. The summed E-state index contributed by atoms with van der Waals surface area (Å²) >= 11 is 0. The van der Waals surface area contributed by atoms with Crippen LogP contribution in [-0.2, 0) is 0 Å². The van der Waals surface area contributed by atoms with E-state index in [2.05, 4.69) is 33.3 Å². The molecule has 3 rings (SSSR count). The van der Waals surface area contributed by atoms with Crippen molar-refractivity contribution in [1.82, 2.24) is 15.3 Å². The summed E-state index contributed by atoms with van der Waals surface area (Å²) in [5.41, 5.74) is 2.16. The maximum atomic E-state index is 4.64. The zero-order chi connectivity index (χ0) is 11.7. The molecule has 0 bridgehead atoms. The van der Waals surface area contributed by atoms with Gasteiger partial charge in [0.2, 0.25) is 5.95 Å². The second kappa shape index (κ2) is 5.59. The monoisotopic (exact) mass is 266 g/mol. The molecule has 0 spiro atoms. The van der Waals surface area contributed by atoms with Crippen LogP contribution in [-0.4, -0.2) is 36.1 Å². The first-order valence-corrected chi connectivity index (χ1v) is 6.23. The molecule has 98 valence electrons. The summed E-state index contributed by atoms with van der Waals surface area (Å²) in [5.74, 6) is 0.984. The van der Waals surface area contributed by atoms with Crippen LogP contribution in [0.4, 0.5) is 5.95 Å². The molecule has 2 aromatic rings. The van der Waals surface area contributed by atoms with Gasteiger partial charge >= 0.3 is 0 Å². The van der Waals surface area contributed by atoms with E-state index in [0.29, 0.717) is 6.04 Å². The quantitative estimate of drug-likeness (QED) is 0.876. The zero-order valence-electron chi connectivity index (χ0n) is 10.5. The van der Waals surface area contributed by atoms with E-state index in [-0.39, 0.29) is 12.4 Å². The first-order valence-electron chi connectivity index (χ1n) is 6.23. The van der Waals surface area contributed by atoms with Gasteiger partial charge in [-0.25, -0.2) is 4.98 Å². The Hall–Kier alpha value is -1.26. The topological polar surface area (TPSA) is 44.0 Å². The molecule has 1 aliphatic heterocycles. The minimum Gasteiger partial charge on any atom is -0.342 e. The summed E-state index contributed by atoms with van der Waals surface area (Å²) in [4.78, 5) is 10.3. The third-order valence-electron chi connectivity index (χ3n) is 3.57. The molecule has 2 N–H and O–H groups in total. The largest absolute Gasteiger partial charge is 0.342 e. The molecular weight excluding hydrogens is 248 g/mol. The van der Waals surface area contributed by atoms with E-state index in [0.717, 1.165) is 30.1 Å². The number of benzene rings is 1. The van der Waals surface area contributed by atoms with Crippen molar-refractivity contribution in [1.29, 1.82) is 0 Å². The maximum absolute atomic E-state index is 4.64. The van der Waals surface area contributed by atoms with E-state index >= 15 is 0 Å². The van der Waals surface area contributed by atoms with Gasteiger partial charge in [-0.2, -0.15) is 0 Å². The van der Waals surface area contributed by atoms with E-state index < -0.39 is 0 Å². The van der Waals surface area contributed by atoms with Gasteiger partial charge in [0.1, 0.15) is 0 Å². The molecule has 1 aromatic carbocycles. The number of aromatic amines is 1. The van der Waals surface area contributed by atoms with Crippen molar-refractivity contribution >= 4 is 29.4 Å². The molecule has 0 saturated carbocycles. The lowest BCUT2D eigenvalue weighted by Crippen LogP contribution is -2.41. The Kier molecular flexibility index (Phi) is 4.09. The van der Waals surface area contributed by atoms with Crippen molar-refractivity contribution in [3.05, 3.63) is 24.3 Å². The average Bonchev–Trinajstić information content (AvgIpc) is 2.82. The number of hydrogen-bond acceptors (Lipinski definition) is 3. The predicted octanol–water partition coefficient (Wildman–Crippen LogP) is 2.17. The number of piperidine rings is 1. The number of anilines is 1. The fraction of sp³-hybridized carbons (Fsp3) is 0.462. The number of nitrogens with one attached hydrogen (secondary N) is 2. The number of nitrogens with zero attached hydrogens (tertiary/aromatic N) is 2. The van der Waals surface area contributed by atoms with E-state index in [1.165, 1.54) is 12.8 Å². The lowest BCUT2D eigenvalue weighted by molar-refractivity contribution is 0.440. The highest BCUT2D eigenvalue weighted by atomic mass is 35.5. The first kappa shape index (κ1) is 13.2. The third kappa shape index (κ3) is 2.44. The molecule has 5 heteroatoms. The molecule has 0 aliphatic carbocycles. The summed E-state index contributed by atoms with van der Waals surface area (Å²) in [6.07, 6.45) is 2.38. The Labute approximate surface area is 113 Å². The average molecular weight is 267 g/mol. The summed E-state index contributed by atoms with van der Waals surface area (Å²) in [6.45, 7) is 2.21. The zero-order valence-corrected chi connectivity index (χ0v) is 11.3. The minimum absolute atomic E-state index is 0. The van der Waals surface area contributed by atoms with Crippen LogP contribution < -0.4 is 10.2 Å². The van der Waals surface area contributed by atoms with Crippen LogP contribution in [0.1, 0.15) is 12.8 Å². The van der Waals surface area contributed by atoms with Gasteiger partial charge < -0.3 is 15.2 Å². The fourth-order valence-corrected chi connectivity index (χ4v) is 2.47. The smallest absolute Gasteiger partial charge is 0.203 e. The number of H-pyrrole nitrogens is 1. The van der Waals surface area contributed by atoms with Crippen molar-refractivity contribution in [2.45, 2.75) is 18.9 Å². The molecule has 0 unspecified atom stereocenters. The van der Waals surface area contributed by atoms with Crippen molar-refractivity contribution in [3.63, 3.8) is 0 Å². The van der Waals surface area contributed by atoms with Crippen LogP contribution in [0.3, 0.4) is 0 Å². The number of halogens is 1. The first-order chi connectivity index (χ1) is 8.34. The van der Waals surface area contributed by atoms with Crippen LogP contribution in [0.5, 0.6) is 0 Å². The van der Waals surface area contributed by atoms with Crippen LogP contribution in [0, 0.1) is 0 Å². The van der Waals surface area contributed by atoms with Crippen molar-refractivity contribution in [3.8, 4) is 0 Å². The number of fused-ring (bicyclic) bond motifs is 1. The SMILES string of the molecule is CN(c1nc2ccccc2[nH]1)C1CCNCC1.Cl. The molecule has 18 heavy (non-hydrogen) atoms. The Morgan fingerprint density at radius 3 is 2.67 bits per heavy atom. The number of aromatic nitrogens is 2. The van der Waals surface area contributed by atoms with Gasteiger partial charge in [-0.05, 0) is 38.1 Å². The van der Waals surface area contributed by atoms with E-state index in [4.69, 9.17) is 0 Å². The molecule has 0 radical (unpaired) electrons. The molecule has 1 aromatic heterocycles. The lowest BCUT2D eigenvalue weighted by Gasteiger charge is -2.31. The highest BCUT2D eigenvalue weighted by Crippen LogP contribution is 2.20. The summed E-state index contributed by atoms with van der Waals surface area (Å²) in [7, 11) is 2.13. The molecule has 4 nitrogen and oxygen atoms in total. The second-order valence-corrected chi connectivity index (χ2v) is 4.67. The Morgan fingerprint density at radius 1 is 1.22 bits per heavy atom. The van der Waals surface area contributed by atoms with Crippen molar-refractivity contribution < 1.29 is 0 Å². The standard InChI is InChI=1S/C13H18N4.ClH/c1-17(10-6-8-14-9-7-10)13-15-11-4-2-3-5-12(11)16-13;/h2-5,10,14H,6-9H2,1H3,(H,15,16);1H. The molecule has 0 amide bonds. The predicted molar refractivity (Wildman–Crippen MR) is 77.6 cm³/mol. The molecule has 1 aliphatic rings. The highest BCUT2D eigenvalue weighted by Gasteiger charge is 2.19. The molecule has 2 heterocycles. The number of rotatable bonds is 2. The van der Waals surface area contributed by atoms with Gasteiger partial charge in [0.25, 0.3) is 0 Å². The Bertz CT molecular complexity index is 471. The number of hydrogen-bond donors (Lipinski definition) is 2. The van der Waals surface area contributed by atoms with Gasteiger partial charge in [0, 0.05) is 13.1 Å². The number of imidazole rings is 1. The molecule has 1 saturated heterocycles. The van der Waals surface area contributed by atoms with Gasteiger partial charge in [-0.15, -0.1) is 12.4 Å². The fourth-order valence-electron chi connectivity index (χ4n) is 2.47. The van der Waals surface area contributed by atoms with Crippen LogP contribution >= 0.6 is 12.4 Å². The lowest BCUT2D eigenvalue weighted by atomic mass is 10.1. The second-order valence-electron chi connectivity index (χ2n) is 4.67.